The van der Waals surface area contributed by atoms with Crippen LogP contribution < -0.4 is 34.9 Å². The molecule has 0 saturated carbocycles. The third-order valence-corrected chi connectivity index (χ3v) is 4.59. The van der Waals surface area contributed by atoms with E-state index in [1.165, 1.54) is 11.8 Å². The molecule has 6 nitrogen and oxygen atoms in total. The first-order chi connectivity index (χ1) is 14.0. The zero-order chi connectivity index (χ0) is 20.6. The Hall–Kier alpha value is -2.58. The number of carboxylic acid groups (broad SMARTS) is 1. The van der Waals surface area contributed by atoms with Crippen LogP contribution in [0.2, 0.25) is 0 Å². The minimum absolute atomic E-state index is 0. The number of aliphatic carboxylic acids is 1. The summed E-state index contributed by atoms with van der Waals surface area (Å²) in [5.74, 6) is -0.958. The van der Waals surface area contributed by atoms with E-state index in [4.69, 9.17) is 9.90 Å². The minimum Gasteiger partial charge on any atom is -0.481 e. The van der Waals surface area contributed by atoms with Gasteiger partial charge in [0, 0.05) is 25.0 Å². The molecule has 0 aliphatic carbocycles. The van der Waals surface area contributed by atoms with Crippen LogP contribution in [0, 0.1) is 6.07 Å². The van der Waals surface area contributed by atoms with Gasteiger partial charge < -0.3 is 15.0 Å². The van der Waals surface area contributed by atoms with E-state index in [0.29, 0.717) is 10.1 Å². The third-order valence-electron chi connectivity index (χ3n) is 3.68. The number of rotatable bonds is 3. The van der Waals surface area contributed by atoms with Crippen molar-refractivity contribution in [1.82, 2.24) is 9.88 Å². The second-order valence-electron chi connectivity index (χ2n) is 5.94. The molecule has 4 rings (SSSR count). The van der Waals surface area contributed by atoms with E-state index in [1.807, 2.05) is 71.6 Å². The Kier molecular flexibility index (Phi) is 9.14. The number of carboxylic acids is 1. The second-order valence-corrected chi connectivity index (χ2v) is 6.97. The molecule has 0 radical (unpaired) electrons. The number of thioether (sulfide) groups is 1. The number of hydrogen-bond acceptors (Lipinski definition) is 4. The molecule has 30 heavy (non-hydrogen) atoms. The number of carbonyl (C=O) groups is 2. The van der Waals surface area contributed by atoms with Gasteiger partial charge in [0.15, 0.2) is 5.17 Å². The maximum atomic E-state index is 12.1. The van der Waals surface area contributed by atoms with Crippen molar-refractivity contribution in [3.05, 3.63) is 89.6 Å². The van der Waals surface area contributed by atoms with Crippen LogP contribution in [0.1, 0.15) is 12.5 Å². The van der Waals surface area contributed by atoms with Crippen molar-refractivity contribution >= 4 is 40.6 Å². The van der Waals surface area contributed by atoms with Crippen LogP contribution in [0.25, 0.3) is 11.8 Å². The predicted octanol–water partition coefficient (Wildman–Crippen LogP) is 1.26. The van der Waals surface area contributed by atoms with Gasteiger partial charge in [-0.15, -0.1) is 12.1 Å². The molecule has 0 unspecified atom stereocenters. The molecular formula is C22H18N3NaO3S. The fourth-order valence-corrected chi connectivity index (χ4v) is 3.29. The molecule has 2 aromatic carbocycles. The first kappa shape index (κ1) is 23.7. The van der Waals surface area contributed by atoms with Crippen molar-refractivity contribution in [1.29, 1.82) is 0 Å². The Labute approximate surface area is 201 Å². The van der Waals surface area contributed by atoms with Crippen LogP contribution in [-0.4, -0.2) is 26.7 Å². The molecule has 0 atom stereocenters. The van der Waals surface area contributed by atoms with Gasteiger partial charge in [0.1, 0.15) is 0 Å². The molecule has 1 saturated heterocycles. The van der Waals surface area contributed by atoms with Crippen LogP contribution in [0.3, 0.4) is 0 Å². The summed E-state index contributed by atoms with van der Waals surface area (Å²) < 4.78 is 2.04. The van der Waals surface area contributed by atoms with Crippen LogP contribution in [0.5, 0.6) is 0 Å². The number of nitrogens with one attached hydrogen (secondary N) is 1. The van der Waals surface area contributed by atoms with Gasteiger partial charge in [0.05, 0.1) is 4.91 Å². The van der Waals surface area contributed by atoms with Crippen molar-refractivity contribution in [3.63, 3.8) is 0 Å². The van der Waals surface area contributed by atoms with E-state index < -0.39 is 5.97 Å². The molecule has 2 N–H and O–H groups in total. The largest absolute Gasteiger partial charge is 1.00 e. The van der Waals surface area contributed by atoms with Gasteiger partial charge in [0.2, 0.25) is 0 Å². The van der Waals surface area contributed by atoms with Gasteiger partial charge >= 0.3 is 29.6 Å². The topological polar surface area (TPSA) is 83.7 Å². The van der Waals surface area contributed by atoms with Crippen LogP contribution in [0.4, 0.5) is 5.69 Å². The SMILES string of the molecule is CC(=O)O.O=C1NC(=Nc2cc[c-]cc2)SC1=Cc1ccc(-n2cccc2)cc1.[Na+]. The molecule has 0 spiro atoms. The van der Waals surface area contributed by atoms with Gasteiger partial charge in [-0.3, -0.25) is 14.6 Å². The maximum Gasteiger partial charge on any atom is 1.00 e. The van der Waals surface area contributed by atoms with E-state index in [0.717, 1.165) is 23.9 Å². The Balaban J connectivity index is 0.000000591. The quantitative estimate of drug-likeness (QED) is 0.375. The molecule has 146 valence electrons. The Bertz CT molecular complexity index is 1040. The first-order valence-electron chi connectivity index (χ1n) is 8.70. The molecule has 8 heteroatoms. The fraction of sp³-hybridized carbons (Fsp3) is 0.0455. The van der Waals surface area contributed by atoms with Crippen LogP contribution >= 0.6 is 11.8 Å². The fourth-order valence-electron chi connectivity index (χ4n) is 2.45. The summed E-state index contributed by atoms with van der Waals surface area (Å²) in [6, 6.07) is 22.3. The summed E-state index contributed by atoms with van der Waals surface area (Å²) in [7, 11) is 0. The number of aromatic nitrogens is 1. The molecule has 1 aliphatic rings. The first-order valence-corrected chi connectivity index (χ1v) is 9.51. The Morgan fingerprint density at radius 2 is 1.73 bits per heavy atom. The van der Waals surface area contributed by atoms with Gasteiger partial charge in [-0.05, 0) is 53.4 Å². The zero-order valence-corrected chi connectivity index (χ0v) is 19.4. The van der Waals surface area contributed by atoms with E-state index in [2.05, 4.69) is 16.4 Å². The van der Waals surface area contributed by atoms with Crippen molar-refractivity contribution in [2.45, 2.75) is 6.92 Å². The number of carbonyl (C=O) groups excluding carboxylic acids is 1. The van der Waals surface area contributed by atoms with E-state index in [1.54, 1.807) is 12.1 Å². The van der Waals surface area contributed by atoms with Crippen molar-refractivity contribution in [2.75, 3.05) is 0 Å². The third kappa shape index (κ3) is 7.03. The zero-order valence-electron chi connectivity index (χ0n) is 16.6. The molecule has 2 heterocycles. The molecular weight excluding hydrogens is 409 g/mol. The monoisotopic (exact) mass is 427 g/mol. The van der Waals surface area contributed by atoms with E-state index in [9.17, 15) is 4.79 Å². The minimum atomic E-state index is -0.833. The summed E-state index contributed by atoms with van der Waals surface area (Å²) >= 11 is 1.35. The predicted molar refractivity (Wildman–Crippen MR) is 115 cm³/mol. The van der Waals surface area contributed by atoms with Gasteiger partial charge in [-0.2, -0.15) is 18.2 Å². The number of benzene rings is 2. The smallest absolute Gasteiger partial charge is 0.481 e. The van der Waals surface area contributed by atoms with Gasteiger partial charge in [0.25, 0.3) is 11.9 Å². The number of nitrogens with zero attached hydrogens (tertiary/aromatic N) is 2. The molecule has 1 amide bonds. The van der Waals surface area contributed by atoms with Crippen LogP contribution in [0.15, 0.2) is 83.0 Å². The number of aliphatic imine (C=N–C) groups is 1. The number of amidine groups is 1. The van der Waals surface area contributed by atoms with Gasteiger partial charge in [-0.25, -0.2) is 0 Å². The number of hydrogen-bond donors (Lipinski definition) is 2. The molecule has 1 aliphatic heterocycles. The maximum absolute atomic E-state index is 12.1. The normalized spacial score (nSPS) is 15.2. The molecule has 3 aromatic rings. The second kappa shape index (κ2) is 11.6. The Morgan fingerprint density at radius 1 is 1.13 bits per heavy atom. The summed E-state index contributed by atoms with van der Waals surface area (Å²) in [6.07, 6.45) is 5.87. The summed E-state index contributed by atoms with van der Waals surface area (Å²) in [4.78, 5) is 26.2. The average molecular weight is 427 g/mol. The number of amides is 1. The van der Waals surface area contributed by atoms with E-state index in [-0.39, 0.29) is 35.5 Å². The molecule has 1 aromatic heterocycles. The van der Waals surface area contributed by atoms with Crippen molar-refractivity contribution < 1.29 is 44.3 Å². The molecule has 0 bridgehead atoms. The average Bonchev–Trinajstić information content (AvgIpc) is 3.33. The van der Waals surface area contributed by atoms with Crippen molar-refractivity contribution in [2.24, 2.45) is 4.99 Å². The standard InChI is InChI=1S/C20H14N3OS.C2H4O2.Na/c24-19-18(25-20(22-19)21-16-6-2-1-3-7-16)14-15-8-10-17(11-9-15)23-12-4-5-13-23;1-2(3)4;/h2-14H,(H,21,22,24);1H3,(H,3,4);/q-1;;+1. The van der Waals surface area contributed by atoms with Crippen LogP contribution in [-0.2, 0) is 9.59 Å². The van der Waals surface area contributed by atoms with Gasteiger partial charge in [-0.1, -0.05) is 12.1 Å². The summed E-state index contributed by atoms with van der Waals surface area (Å²) in [5.41, 5.74) is 2.85. The molecule has 1 fully saturated rings. The summed E-state index contributed by atoms with van der Waals surface area (Å²) in [5, 5.41) is 10.8. The van der Waals surface area contributed by atoms with Crippen molar-refractivity contribution in [3.8, 4) is 5.69 Å². The Morgan fingerprint density at radius 3 is 2.33 bits per heavy atom. The summed E-state index contributed by atoms with van der Waals surface area (Å²) in [6.45, 7) is 1.08. The van der Waals surface area contributed by atoms with E-state index >= 15 is 0 Å².